The minimum Gasteiger partial charge on any atom is -0.257 e. The van der Waals surface area contributed by atoms with Gasteiger partial charge in [0.15, 0.2) is 0 Å². The summed E-state index contributed by atoms with van der Waals surface area (Å²) in [5.41, 5.74) is 0.404. The van der Waals surface area contributed by atoms with Crippen LogP contribution in [0.4, 0.5) is 0 Å². The Balaban J connectivity index is 2.32. The molecule has 1 aromatic rings. The first-order valence-electron chi connectivity index (χ1n) is 4.87. The van der Waals surface area contributed by atoms with Crippen LogP contribution in [0, 0.1) is 17.3 Å². The Kier molecular flexibility index (Phi) is 1.14. The smallest absolute Gasteiger partial charge is 0.0664 e. The van der Waals surface area contributed by atoms with Crippen molar-refractivity contribution in [2.45, 2.75) is 13.8 Å². The summed E-state index contributed by atoms with van der Waals surface area (Å²) in [7, 11) is 0. The van der Waals surface area contributed by atoms with E-state index >= 15 is 0 Å². The molecule has 3 rings (SSSR count). The molecular formula is C12H13N. The van der Waals surface area contributed by atoms with Gasteiger partial charge in [0.05, 0.1) is 5.35 Å². The number of nitrogens with zero attached hydrogens (tertiary/aromatic N) is 1. The van der Waals surface area contributed by atoms with Crippen molar-refractivity contribution in [3.05, 3.63) is 28.9 Å². The van der Waals surface area contributed by atoms with E-state index in [0.29, 0.717) is 5.41 Å². The summed E-state index contributed by atoms with van der Waals surface area (Å²) < 4.78 is 0. The fourth-order valence-electron chi connectivity index (χ4n) is 2.53. The molecule has 3 unspecified atom stereocenters. The van der Waals surface area contributed by atoms with Crippen LogP contribution in [0.15, 0.2) is 18.3 Å². The standard InChI is InChI=1S/C12H13N/c1-8-10-6-9-4-3-5-13-11(9)7-12(8,10)2/h3-8,10H,1-2H3. The van der Waals surface area contributed by atoms with Gasteiger partial charge < -0.3 is 0 Å². The normalized spacial score (nSPS) is 39.5. The Morgan fingerprint density at radius 1 is 1.46 bits per heavy atom. The van der Waals surface area contributed by atoms with Crippen LogP contribution in [0.1, 0.15) is 13.8 Å². The monoisotopic (exact) mass is 171 g/mol. The molecule has 0 spiro atoms. The molecule has 0 amide bonds. The van der Waals surface area contributed by atoms with Crippen molar-refractivity contribution < 1.29 is 0 Å². The Bertz CT molecular complexity index is 474. The quantitative estimate of drug-likeness (QED) is 0.566. The number of fused-ring (bicyclic) bond motifs is 2. The molecule has 1 heteroatoms. The van der Waals surface area contributed by atoms with E-state index in [2.05, 4.69) is 37.0 Å². The van der Waals surface area contributed by atoms with Crippen molar-refractivity contribution in [1.29, 1.82) is 0 Å². The molecule has 13 heavy (non-hydrogen) atoms. The van der Waals surface area contributed by atoms with Crippen molar-refractivity contribution >= 4 is 12.2 Å². The van der Waals surface area contributed by atoms with Crippen LogP contribution in [0.3, 0.4) is 0 Å². The van der Waals surface area contributed by atoms with E-state index in [-0.39, 0.29) is 0 Å². The van der Waals surface area contributed by atoms with Gasteiger partial charge >= 0.3 is 0 Å². The van der Waals surface area contributed by atoms with Crippen molar-refractivity contribution in [2.24, 2.45) is 17.3 Å². The van der Waals surface area contributed by atoms with Crippen molar-refractivity contribution in [2.75, 3.05) is 0 Å². The van der Waals surface area contributed by atoms with Crippen molar-refractivity contribution in [3.8, 4) is 0 Å². The predicted octanol–water partition coefficient (Wildman–Crippen LogP) is 0.928. The predicted molar refractivity (Wildman–Crippen MR) is 53.2 cm³/mol. The maximum absolute atomic E-state index is 4.39. The van der Waals surface area contributed by atoms with Crippen LogP contribution in [0.2, 0.25) is 0 Å². The summed E-state index contributed by atoms with van der Waals surface area (Å²) in [6, 6.07) is 4.17. The Hall–Kier alpha value is -1.11. The van der Waals surface area contributed by atoms with E-state index in [4.69, 9.17) is 0 Å². The van der Waals surface area contributed by atoms with Crippen LogP contribution in [-0.2, 0) is 0 Å². The first-order valence-corrected chi connectivity index (χ1v) is 4.87. The second kappa shape index (κ2) is 2.03. The van der Waals surface area contributed by atoms with Gasteiger partial charge in [0.2, 0.25) is 0 Å². The largest absolute Gasteiger partial charge is 0.257 e. The minimum atomic E-state index is 0.404. The number of hydrogen-bond donors (Lipinski definition) is 0. The van der Waals surface area contributed by atoms with Gasteiger partial charge in [-0.2, -0.15) is 0 Å². The van der Waals surface area contributed by atoms with Gasteiger partial charge in [-0.05, 0) is 28.5 Å². The summed E-state index contributed by atoms with van der Waals surface area (Å²) >= 11 is 0. The first kappa shape index (κ1) is 7.31. The van der Waals surface area contributed by atoms with E-state index in [0.717, 1.165) is 11.8 Å². The maximum Gasteiger partial charge on any atom is 0.0664 e. The lowest BCUT2D eigenvalue weighted by Crippen LogP contribution is -2.31. The van der Waals surface area contributed by atoms with E-state index in [9.17, 15) is 0 Å². The highest BCUT2D eigenvalue weighted by Crippen LogP contribution is 2.60. The Morgan fingerprint density at radius 2 is 2.31 bits per heavy atom. The van der Waals surface area contributed by atoms with Crippen molar-refractivity contribution in [1.82, 2.24) is 4.98 Å². The number of aromatic nitrogens is 1. The molecule has 1 heterocycles. The molecule has 0 bridgehead atoms. The van der Waals surface area contributed by atoms with Crippen LogP contribution in [-0.4, -0.2) is 4.98 Å². The van der Waals surface area contributed by atoms with Gasteiger partial charge in [0.25, 0.3) is 0 Å². The molecule has 0 radical (unpaired) electrons. The third-order valence-electron chi connectivity index (χ3n) is 3.81. The Morgan fingerprint density at radius 3 is 3.15 bits per heavy atom. The molecule has 1 nitrogen and oxygen atoms in total. The second-order valence-electron chi connectivity index (χ2n) is 4.47. The van der Waals surface area contributed by atoms with Crippen LogP contribution < -0.4 is 10.6 Å². The van der Waals surface area contributed by atoms with Gasteiger partial charge in [-0.1, -0.05) is 32.1 Å². The fourth-order valence-corrected chi connectivity index (χ4v) is 2.53. The molecule has 2 aliphatic rings. The summed E-state index contributed by atoms with van der Waals surface area (Å²) in [6.45, 7) is 4.65. The topological polar surface area (TPSA) is 12.9 Å². The molecule has 1 aromatic heterocycles. The highest BCUT2D eigenvalue weighted by molar-refractivity contribution is 5.54. The van der Waals surface area contributed by atoms with Crippen LogP contribution >= 0.6 is 0 Å². The van der Waals surface area contributed by atoms with E-state index < -0.39 is 0 Å². The first-order chi connectivity index (χ1) is 6.22. The number of hydrogen-bond acceptors (Lipinski definition) is 1. The zero-order chi connectivity index (χ0) is 9.05. The van der Waals surface area contributed by atoms with Crippen molar-refractivity contribution in [3.63, 3.8) is 0 Å². The zero-order valence-electron chi connectivity index (χ0n) is 7.99. The van der Waals surface area contributed by atoms with Gasteiger partial charge in [-0.3, -0.25) is 4.98 Å². The lowest BCUT2D eigenvalue weighted by molar-refractivity contribution is 0.691. The van der Waals surface area contributed by atoms with Gasteiger partial charge in [-0.25, -0.2) is 0 Å². The zero-order valence-corrected chi connectivity index (χ0v) is 7.99. The molecule has 1 fully saturated rings. The number of rotatable bonds is 0. The molecule has 2 aliphatic carbocycles. The average molecular weight is 171 g/mol. The molecule has 1 saturated carbocycles. The summed E-state index contributed by atoms with van der Waals surface area (Å²) in [5.74, 6) is 1.55. The van der Waals surface area contributed by atoms with E-state index in [1.54, 1.807) is 0 Å². The second-order valence-corrected chi connectivity index (χ2v) is 4.47. The third-order valence-corrected chi connectivity index (χ3v) is 3.81. The van der Waals surface area contributed by atoms with E-state index in [1.165, 1.54) is 10.6 Å². The highest BCUT2D eigenvalue weighted by Gasteiger charge is 2.56. The SMILES string of the molecule is CC1C2C=c3cccnc3=CC12C. The van der Waals surface area contributed by atoms with Crippen LogP contribution in [0.5, 0.6) is 0 Å². The molecule has 3 atom stereocenters. The van der Waals surface area contributed by atoms with Gasteiger partial charge in [0, 0.05) is 6.20 Å². The molecule has 66 valence electrons. The summed E-state index contributed by atoms with van der Waals surface area (Å²) in [4.78, 5) is 4.39. The molecule has 0 N–H and O–H groups in total. The molecule has 0 saturated heterocycles. The van der Waals surface area contributed by atoms with E-state index in [1.807, 2.05) is 12.3 Å². The highest BCUT2D eigenvalue weighted by atomic mass is 14.7. The lowest BCUT2D eigenvalue weighted by Gasteiger charge is -2.06. The van der Waals surface area contributed by atoms with Crippen LogP contribution in [0.25, 0.3) is 12.2 Å². The molecule has 0 aromatic carbocycles. The minimum absolute atomic E-state index is 0.404. The Labute approximate surface area is 77.8 Å². The summed E-state index contributed by atoms with van der Waals surface area (Å²) in [5, 5.41) is 2.49. The van der Waals surface area contributed by atoms with Gasteiger partial charge in [-0.15, -0.1) is 0 Å². The summed E-state index contributed by atoms with van der Waals surface area (Å²) in [6.07, 6.45) is 6.60. The number of pyridine rings is 1. The van der Waals surface area contributed by atoms with Gasteiger partial charge in [0.1, 0.15) is 0 Å². The lowest BCUT2D eigenvalue weighted by atomic mass is 10.0. The third kappa shape index (κ3) is 0.796. The molecule has 0 aliphatic heterocycles. The average Bonchev–Trinajstić information content (AvgIpc) is 2.65. The maximum atomic E-state index is 4.39. The molecular weight excluding hydrogens is 158 g/mol. The fraction of sp³-hybridized carbons (Fsp3) is 0.417.